The molecule has 0 saturated heterocycles. The number of benzene rings is 1. The first-order chi connectivity index (χ1) is 14.5. The number of nitrogens with two attached hydrogens (primary N) is 1. The van der Waals surface area contributed by atoms with E-state index >= 15 is 0 Å². The average Bonchev–Trinajstić information content (AvgIpc) is 3.34. The second kappa shape index (κ2) is 8.41. The molecule has 2 aromatic heterocycles. The van der Waals surface area contributed by atoms with Gasteiger partial charge in [0.2, 0.25) is 0 Å². The zero-order valence-corrected chi connectivity index (χ0v) is 17.1. The number of nitrogens with zero attached hydrogens (tertiary/aromatic N) is 3. The molecule has 0 saturated carbocycles. The van der Waals surface area contributed by atoms with Crippen LogP contribution < -0.4 is 21.1 Å². The average molecular weight is 433 g/mol. The molecule has 0 radical (unpaired) electrons. The van der Waals surface area contributed by atoms with Crippen molar-refractivity contribution in [2.24, 2.45) is 5.73 Å². The van der Waals surface area contributed by atoms with Crippen molar-refractivity contribution in [2.45, 2.75) is 13.0 Å². The predicted molar refractivity (Wildman–Crippen MR) is 112 cm³/mol. The van der Waals surface area contributed by atoms with Gasteiger partial charge in [-0.2, -0.15) is 13.9 Å². The van der Waals surface area contributed by atoms with Crippen LogP contribution in [-0.2, 0) is 13.0 Å². The van der Waals surface area contributed by atoms with Crippen LogP contribution >= 0.6 is 11.3 Å². The third kappa shape index (κ3) is 4.01. The van der Waals surface area contributed by atoms with Gasteiger partial charge in [-0.3, -0.25) is 4.57 Å². The van der Waals surface area contributed by atoms with Crippen LogP contribution in [0.25, 0.3) is 10.4 Å². The standard InChI is InChI=1S/C20H21F2N5O2S/c1-26-6-7-29-16-8-12(2-4-15(16)26)17-5-3-14(30-17)11-27-18(24-25-20(27)28)9-13(10-23)19(21)22/h2-5,8H,6-7,9-11,23H2,1H3,(H,25,28). The van der Waals surface area contributed by atoms with Crippen LogP contribution in [0.2, 0.25) is 0 Å². The molecular formula is C20H21F2N5O2S. The van der Waals surface area contributed by atoms with Gasteiger partial charge in [-0.25, -0.2) is 9.89 Å². The van der Waals surface area contributed by atoms with Crippen LogP contribution in [0, 0.1) is 0 Å². The smallest absolute Gasteiger partial charge is 0.343 e. The van der Waals surface area contributed by atoms with Crippen LogP contribution in [0.15, 0.2) is 46.8 Å². The van der Waals surface area contributed by atoms with Crippen LogP contribution in [0.5, 0.6) is 5.75 Å². The maximum atomic E-state index is 12.9. The molecule has 0 bridgehead atoms. The Morgan fingerprint density at radius 2 is 2.17 bits per heavy atom. The molecule has 3 aromatic rings. The summed E-state index contributed by atoms with van der Waals surface area (Å²) >= 11 is 1.53. The first-order valence-electron chi connectivity index (χ1n) is 9.40. The molecule has 30 heavy (non-hydrogen) atoms. The fourth-order valence-corrected chi connectivity index (χ4v) is 4.33. The van der Waals surface area contributed by atoms with Gasteiger partial charge in [0.15, 0.2) is 0 Å². The molecule has 0 atom stereocenters. The summed E-state index contributed by atoms with van der Waals surface area (Å²) in [5.74, 6) is 1.08. The number of thiophene rings is 1. The van der Waals surface area contributed by atoms with Crippen LogP contribution in [-0.4, -0.2) is 41.5 Å². The topological polar surface area (TPSA) is 89.2 Å². The van der Waals surface area contributed by atoms with E-state index in [2.05, 4.69) is 15.1 Å². The van der Waals surface area contributed by atoms with Crippen LogP contribution in [0.4, 0.5) is 14.5 Å². The quantitative estimate of drug-likeness (QED) is 0.624. The van der Waals surface area contributed by atoms with Gasteiger partial charge < -0.3 is 15.4 Å². The van der Waals surface area contributed by atoms with Gasteiger partial charge in [0.05, 0.1) is 18.8 Å². The molecule has 3 N–H and O–H groups in total. The predicted octanol–water partition coefficient (Wildman–Crippen LogP) is 2.83. The molecule has 0 spiro atoms. The normalized spacial score (nSPS) is 13.1. The minimum absolute atomic E-state index is 0.175. The third-order valence-corrected chi connectivity index (χ3v) is 6.16. The lowest BCUT2D eigenvalue weighted by molar-refractivity contribution is 0.311. The highest BCUT2D eigenvalue weighted by atomic mass is 32.1. The number of anilines is 1. The molecule has 10 heteroatoms. The Morgan fingerprint density at radius 1 is 1.33 bits per heavy atom. The zero-order valence-electron chi connectivity index (χ0n) is 16.3. The molecule has 1 aromatic carbocycles. The monoisotopic (exact) mass is 433 g/mol. The molecule has 3 heterocycles. The molecule has 7 nitrogen and oxygen atoms in total. The van der Waals surface area contributed by atoms with Crippen molar-refractivity contribution < 1.29 is 13.5 Å². The summed E-state index contributed by atoms with van der Waals surface area (Å²) in [5, 5.41) is 6.22. The van der Waals surface area contributed by atoms with Crippen molar-refractivity contribution >= 4 is 17.0 Å². The molecule has 4 rings (SSSR count). The zero-order chi connectivity index (χ0) is 21.3. The number of hydrogen-bond donors (Lipinski definition) is 2. The minimum Gasteiger partial charge on any atom is -0.490 e. The summed E-state index contributed by atoms with van der Waals surface area (Å²) in [6, 6.07) is 9.99. The van der Waals surface area contributed by atoms with Crippen molar-refractivity contribution in [2.75, 3.05) is 31.6 Å². The van der Waals surface area contributed by atoms with Gasteiger partial charge in [-0.05, 0) is 29.8 Å². The van der Waals surface area contributed by atoms with E-state index in [9.17, 15) is 13.6 Å². The number of fused-ring (bicyclic) bond motifs is 1. The van der Waals surface area contributed by atoms with Crippen molar-refractivity contribution in [1.82, 2.24) is 14.8 Å². The lowest BCUT2D eigenvalue weighted by Crippen LogP contribution is -2.28. The van der Waals surface area contributed by atoms with Gasteiger partial charge in [-0.15, -0.1) is 11.3 Å². The summed E-state index contributed by atoms with van der Waals surface area (Å²) in [6.45, 7) is 1.45. The molecule has 0 amide bonds. The largest absolute Gasteiger partial charge is 0.490 e. The van der Waals surface area contributed by atoms with Crippen LogP contribution in [0.1, 0.15) is 10.7 Å². The number of aromatic amines is 1. The summed E-state index contributed by atoms with van der Waals surface area (Å²) < 4.78 is 33.0. The maximum Gasteiger partial charge on any atom is 0.343 e. The van der Waals surface area contributed by atoms with E-state index < -0.39 is 11.8 Å². The molecule has 0 fully saturated rings. The Hall–Kier alpha value is -2.98. The summed E-state index contributed by atoms with van der Waals surface area (Å²) in [6.07, 6.45) is -2.01. The van der Waals surface area contributed by atoms with Crippen molar-refractivity contribution in [3.8, 4) is 16.2 Å². The number of nitrogens with one attached hydrogen (secondary N) is 1. The molecule has 0 aliphatic carbocycles. The highest BCUT2D eigenvalue weighted by molar-refractivity contribution is 7.15. The van der Waals surface area contributed by atoms with Gasteiger partial charge in [0, 0.05) is 35.3 Å². The van der Waals surface area contributed by atoms with Gasteiger partial charge in [0.1, 0.15) is 18.2 Å². The first kappa shape index (κ1) is 20.3. The lowest BCUT2D eigenvalue weighted by atomic mass is 10.1. The fraction of sp³-hybridized carbons (Fsp3) is 0.300. The molecule has 0 unspecified atom stereocenters. The third-order valence-electron chi connectivity index (χ3n) is 5.04. The van der Waals surface area contributed by atoms with Crippen LogP contribution in [0.3, 0.4) is 0 Å². The van der Waals surface area contributed by atoms with E-state index in [0.29, 0.717) is 6.61 Å². The Kier molecular flexibility index (Phi) is 5.69. The summed E-state index contributed by atoms with van der Waals surface area (Å²) in [7, 11) is 2.03. The SMILES string of the molecule is CN1CCOc2cc(-c3ccc(Cn4c(CC(CN)=C(F)F)n[nH]c4=O)s3)ccc21. The number of rotatable bonds is 6. The Labute approximate surface area is 175 Å². The van der Waals surface area contributed by atoms with E-state index in [1.54, 1.807) is 0 Å². The number of hydrogen-bond acceptors (Lipinski definition) is 6. The van der Waals surface area contributed by atoms with E-state index in [-0.39, 0.29) is 30.9 Å². The highest BCUT2D eigenvalue weighted by Crippen LogP contribution is 2.37. The Bertz CT molecular complexity index is 1150. The van der Waals surface area contributed by atoms with E-state index in [1.807, 2.05) is 37.4 Å². The number of H-pyrrole nitrogens is 1. The number of halogens is 2. The van der Waals surface area contributed by atoms with E-state index in [1.165, 1.54) is 15.9 Å². The summed E-state index contributed by atoms with van der Waals surface area (Å²) in [5.41, 5.74) is 6.78. The highest BCUT2D eigenvalue weighted by Gasteiger charge is 2.17. The van der Waals surface area contributed by atoms with Crippen molar-refractivity contribution in [3.63, 3.8) is 0 Å². The fourth-order valence-electron chi connectivity index (χ4n) is 3.34. The molecule has 1 aliphatic heterocycles. The lowest BCUT2D eigenvalue weighted by Gasteiger charge is -2.27. The Morgan fingerprint density at radius 3 is 2.93 bits per heavy atom. The first-order valence-corrected chi connectivity index (χ1v) is 10.2. The molecule has 158 valence electrons. The van der Waals surface area contributed by atoms with E-state index in [0.717, 1.165) is 33.3 Å². The van der Waals surface area contributed by atoms with Gasteiger partial charge >= 0.3 is 5.69 Å². The molecular weight excluding hydrogens is 412 g/mol. The van der Waals surface area contributed by atoms with Crippen molar-refractivity contribution in [1.29, 1.82) is 0 Å². The van der Waals surface area contributed by atoms with E-state index in [4.69, 9.17) is 10.5 Å². The second-order valence-corrected chi connectivity index (χ2v) is 8.16. The van der Waals surface area contributed by atoms with Gasteiger partial charge in [0.25, 0.3) is 6.08 Å². The second-order valence-electron chi connectivity index (χ2n) is 6.99. The van der Waals surface area contributed by atoms with Gasteiger partial charge in [-0.1, -0.05) is 6.07 Å². The number of likely N-dealkylation sites (N-methyl/N-ethyl adjacent to an activating group) is 1. The molecule has 1 aliphatic rings. The van der Waals surface area contributed by atoms with Crippen molar-refractivity contribution in [3.05, 3.63) is 63.2 Å². The number of ether oxygens (including phenoxy) is 1. The summed E-state index contributed by atoms with van der Waals surface area (Å²) in [4.78, 5) is 16.2. The Balaban J connectivity index is 1.57. The maximum absolute atomic E-state index is 12.9. The number of aromatic nitrogens is 3. The minimum atomic E-state index is -1.84.